The van der Waals surface area contributed by atoms with Crippen LogP contribution < -0.4 is 0 Å². The van der Waals surface area contributed by atoms with Gasteiger partial charge < -0.3 is 0 Å². The first-order chi connectivity index (χ1) is 9.42. The van der Waals surface area contributed by atoms with Gasteiger partial charge in [-0.25, -0.2) is 4.39 Å². The molecule has 0 aromatic heterocycles. The third-order valence-corrected chi connectivity index (χ3v) is 5.68. The fourth-order valence-electron chi connectivity index (χ4n) is 1.87. The van der Waals surface area contributed by atoms with Crippen LogP contribution in [-0.4, -0.2) is 11.3 Å². The molecule has 0 aliphatic heterocycles. The Morgan fingerprint density at radius 2 is 1.55 bits per heavy atom. The monoisotopic (exact) mass is 380 g/mol. The van der Waals surface area contributed by atoms with E-state index in [0.717, 1.165) is 17.7 Å². The first-order valence-corrected chi connectivity index (χ1v) is 10.7. The molecule has 0 radical (unpaired) electrons. The topological polar surface area (TPSA) is 0 Å². The SMILES string of the molecule is CC(C)P(C=CCc1ccc(F)cc1)C(C)C.[Cl][Ni][Cl]. The Balaban J connectivity index is 0.00000110. The van der Waals surface area contributed by atoms with Gasteiger partial charge in [-0.05, 0) is 35.4 Å². The maximum atomic E-state index is 12.7. The summed E-state index contributed by atoms with van der Waals surface area (Å²) in [7, 11) is 9.37. The quantitative estimate of drug-likeness (QED) is 0.400. The van der Waals surface area contributed by atoms with E-state index in [-0.39, 0.29) is 13.7 Å². The van der Waals surface area contributed by atoms with E-state index in [2.05, 4.69) is 39.6 Å². The second kappa shape index (κ2) is 12.0. The van der Waals surface area contributed by atoms with Crippen LogP contribution in [0.2, 0.25) is 0 Å². The van der Waals surface area contributed by atoms with Gasteiger partial charge in [0.25, 0.3) is 0 Å². The zero-order valence-corrected chi connectivity index (χ0v) is 15.6. The molecule has 0 aliphatic carbocycles. The van der Waals surface area contributed by atoms with Gasteiger partial charge in [-0.15, -0.1) is 0 Å². The van der Waals surface area contributed by atoms with E-state index >= 15 is 0 Å². The van der Waals surface area contributed by atoms with Gasteiger partial charge in [0.2, 0.25) is 0 Å². The fourth-order valence-corrected chi connectivity index (χ4v) is 4.10. The van der Waals surface area contributed by atoms with E-state index in [1.165, 1.54) is 17.7 Å². The van der Waals surface area contributed by atoms with Gasteiger partial charge in [0.15, 0.2) is 0 Å². The summed E-state index contributed by atoms with van der Waals surface area (Å²) in [6.45, 7) is 9.14. The molecule has 0 atom stereocenters. The van der Waals surface area contributed by atoms with Crippen LogP contribution in [0.3, 0.4) is 0 Å². The Morgan fingerprint density at radius 1 is 1.10 bits per heavy atom. The summed E-state index contributed by atoms with van der Waals surface area (Å²) in [5.41, 5.74) is 2.63. The van der Waals surface area contributed by atoms with Crippen LogP contribution in [0, 0.1) is 5.82 Å². The standard InChI is InChI=1S/C15H22FP.2ClH.Ni/c1-12(2)17(13(3)4)11-5-6-14-7-9-15(16)10-8-14;;;/h5,7-13H,6H2,1-4H3;2*1H;/q;;;+2/p-2. The van der Waals surface area contributed by atoms with Crippen LogP contribution in [0.1, 0.15) is 33.3 Å². The van der Waals surface area contributed by atoms with Crippen molar-refractivity contribution in [1.82, 2.24) is 0 Å². The average Bonchev–Trinajstić information content (AvgIpc) is 2.36. The molecule has 0 bridgehead atoms. The van der Waals surface area contributed by atoms with Gasteiger partial charge in [-0.1, -0.05) is 59.6 Å². The van der Waals surface area contributed by atoms with Crippen molar-refractivity contribution < 1.29 is 17.0 Å². The van der Waals surface area contributed by atoms with Crippen molar-refractivity contribution in [2.24, 2.45) is 0 Å². The number of benzene rings is 1. The van der Waals surface area contributed by atoms with Crippen molar-refractivity contribution in [2.45, 2.75) is 45.4 Å². The number of rotatable bonds is 5. The molecule has 1 rings (SSSR count). The summed E-state index contributed by atoms with van der Waals surface area (Å²) in [6, 6.07) is 6.76. The van der Waals surface area contributed by atoms with Crippen molar-refractivity contribution >= 4 is 28.3 Å². The van der Waals surface area contributed by atoms with Crippen LogP contribution >= 0.6 is 28.3 Å². The Morgan fingerprint density at radius 3 is 1.95 bits per heavy atom. The molecule has 0 saturated carbocycles. The number of halogens is 3. The molecule has 0 aliphatic rings. The van der Waals surface area contributed by atoms with Crippen molar-refractivity contribution in [3.63, 3.8) is 0 Å². The molecule has 0 N–H and O–H groups in total. The maximum absolute atomic E-state index is 12.7. The second-order valence-electron chi connectivity index (χ2n) is 4.90. The molecule has 0 fully saturated rings. The molecule has 1 aromatic rings. The van der Waals surface area contributed by atoms with E-state index in [1.54, 1.807) is 0 Å². The molecule has 0 saturated heterocycles. The first-order valence-electron chi connectivity index (χ1n) is 6.43. The molecule has 1 aromatic carbocycles. The van der Waals surface area contributed by atoms with Crippen LogP contribution in [0.4, 0.5) is 4.39 Å². The molecule has 20 heavy (non-hydrogen) atoms. The van der Waals surface area contributed by atoms with Crippen molar-refractivity contribution in [2.75, 3.05) is 0 Å². The molecule has 0 heterocycles. The summed E-state index contributed by atoms with van der Waals surface area (Å²) in [4.78, 5) is 0. The van der Waals surface area contributed by atoms with Gasteiger partial charge >= 0.3 is 33.0 Å². The third kappa shape index (κ3) is 9.35. The van der Waals surface area contributed by atoms with Gasteiger partial charge in [-0.2, -0.15) is 0 Å². The Bertz CT molecular complexity index is 372. The predicted molar refractivity (Wildman–Crippen MR) is 88.1 cm³/mol. The third-order valence-electron chi connectivity index (χ3n) is 2.74. The Kier molecular flexibility index (Phi) is 12.2. The van der Waals surface area contributed by atoms with E-state index in [1.807, 2.05) is 12.1 Å². The zero-order chi connectivity index (χ0) is 15.5. The molecule has 0 unspecified atom stereocenters. The molecule has 0 amide bonds. The molecule has 118 valence electrons. The van der Waals surface area contributed by atoms with E-state index in [0.29, 0.717) is 12.7 Å². The van der Waals surface area contributed by atoms with Crippen LogP contribution in [0.25, 0.3) is 0 Å². The van der Waals surface area contributed by atoms with Gasteiger partial charge in [0.05, 0.1) is 0 Å². The fraction of sp³-hybridized carbons (Fsp3) is 0.467. The van der Waals surface area contributed by atoms with Gasteiger partial charge in [0.1, 0.15) is 5.82 Å². The number of hydrogen-bond acceptors (Lipinski definition) is 0. The predicted octanol–water partition coefficient (Wildman–Crippen LogP) is 6.56. The van der Waals surface area contributed by atoms with Gasteiger partial charge in [0, 0.05) is 0 Å². The Labute approximate surface area is 138 Å². The molecular weight excluding hydrogens is 360 g/mol. The van der Waals surface area contributed by atoms with E-state index < -0.39 is 0 Å². The average molecular weight is 382 g/mol. The summed E-state index contributed by atoms with van der Waals surface area (Å²) in [5, 5.41) is 0. The molecule has 0 spiro atoms. The number of hydrogen-bond donors (Lipinski definition) is 0. The van der Waals surface area contributed by atoms with E-state index in [4.69, 9.17) is 20.4 Å². The van der Waals surface area contributed by atoms with Crippen LogP contribution in [-0.2, 0) is 19.1 Å². The van der Waals surface area contributed by atoms with Gasteiger partial charge in [-0.3, -0.25) is 0 Å². The van der Waals surface area contributed by atoms with E-state index in [9.17, 15) is 4.39 Å². The summed E-state index contributed by atoms with van der Waals surface area (Å²) < 4.78 is 12.7. The second-order valence-corrected chi connectivity index (χ2v) is 9.78. The minimum atomic E-state index is -0.163. The van der Waals surface area contributed by atoms with Crippen molar-refractivity contribution in [3.8, 4) is 0 Å². The molecule has 0 nitrogen and oxygen atoms in total. The molecular formula is C15H22Cl2FNiP. The summed E-state index contributed by atoms with van der Waals surface area (Å²) in [5.74, 6) is 2.21. The summed E-state index contributed by atoms with van der Waals surface area (Å²) >= 11 is 0.569. The van der Waals surface area contributed by atoms with Crippen molar-refractivity contribution in [3.05, 3.63) is 47.5 Å². The number of allylic oxidation sites excluding steroid dienone is 1. The van der Waals surface area contributed by atoms with Crippen LogP contribution in [0.5, 0.6) is 0 Å². The van der Waals surface area contributed by atoms with Crippen LogP contribution in [0.15, 0.2) is 36.2 Å². The first kappa shape index (κ1) is 20.4. The van der Waals surface area contributed by atoms with Crippen molar-refractivity contribution in [1.29, 1.82) is 0 Å². The normalized spacial score (nSPS) is 11.5. The molecule has 5 heteroatoms. The zero-order valence-electron chi connectivity index (χ0n) is 12.2. The Hall–Kier alpha value is 0.394. The minimum absolute atomic E-state index is 0.0358. The summed E-state index contributed by atoms with van der Waals surface area (Å²) in [6.07, 6.45) is 3.14.